The minimum atomic E-state index is -0.453. The van der Waals surface area contributed by atoms with Crippen molar-refractivity contribution in [2.24, 2.45) is 5.41 Å². The molecule has 1 fully saturated rings. The Bertz CT molecular complexity index is 555. The molecule has 0 bridgehead atoms. The molecule has 1 heterocycles. The molecule has 3 rings (SSSR count). The second-order valence-corrected chi connectivity index (χ2v) is 6.12. The Morgan fingerprint density at radius 2 is 1.80 bits per heavy atom. The minimum Gasteiger partial charge on any atom is -0.386 e. The summed E-state index contributed by atoms with van der Waals surface area (Å²) in [5.74, 6) is 0. The Morgan fingerprint density at radius 3 is 2.50 bits per heavy atom. The molecule has 1 N–H and O–H groups in total. The summed E-state index contributed by atoms with van der Waals surface area (Å²) in [7, 11) is 0. The van der Waals surface area contributed by atoms with E-state index in [1.54, 1.807) is 6.20 Å². The number of nitrogens with zero attached hydrogens (tertiary/aromatic N) is 2. The first-order chi connectivity index (χ1) is 9.71. The van der Waals surface area contributed by atoms with Gasteiger partial charge in [0, 0.05) is 6.20 Å². The largest absolute Gasteiger partial charge is 0.386 e. The van der Waals surface area contributed by atoms with E-state index in [2.05, 4.69) is 12.0 Å². The van der Waals surface area contributed by atoms with E-state index < -0.39 is 6.10 Å². The predicted octanol–water partition coefficient (Wildman–Crippen LogP) is 3.88. The predicted molar refractivity (Wildman–Crippen MR) is 79.7 cm³/mol. The first-order valence-corrected chi connectivity index (χ1v) is 7.48. The third-order valence-corrected chi connectivity index (χ3v) is 4.61. The quantitative estimate of drug-likeness (QED) is 0.919. The zero-order valence-corrected chi connectivity index (χ0v) is 12.0. The summed E-state index contributed by atoms with van der Waals surface area (Å²) in [6.45, 7) is 2.21. The molecule has 0 amide bonds. The number of rotatable bonds is 3. The van der Waals surface area contributed by atoms with Gasteiger partial charge < -0.3 is 5.11 Å². The van der Waals surface area contributed by atoms with Crippen LogP contribution in [0.15, 0.2) is 42.6 Å². The highest BCUT2D eigenvalue weighted by molar-refractivity contribution is 5.33. The van der Waals surface area contributed by atoms with Gasteiger partial charge in [0.25, 0.3) is 0 Å². The Balaban J connectivity index is 1.93. The lowest BCUT2D eigenvalue weighted by atomic mass is 9.71. The van der Waals surface area contributed by atoms with Crippen molar-refractivity contribution in [3.8, 4) is 5.69 Å². The summed E-state index contributed by atoms with van der Waals surface area (Å²) < 4.78 is 1.87. The van der Waals surface area contributed by atoms with E-state index in [1.165, 1.54) is 19.3 Å². The topological polar surface area (TPSA) is 38.1 Å². The van der Waals surface area contributed by atoms with Crippen molar-refractivity contribution >= 4 is 0 Å². The lowest BCUT2D eigenvalue weighted by Gasteiger charge is -2.38. The fourth-order valence-corrected chi connectivity index (χ4v) is 3.30. The van der Waals surface area contributed by atoms with Gasteiger partial charge in [0.05, 0.1) is 11.4 Å². The maximum Gasteiger partial charge on any atom is 0.101 e. The molecule has 1 aromatic carbocycles. The Kier molecular flexibility index (Phi) is 3.62. The molecule has 1 aliphatic rings. The molecule has 1 aliphatic carbocycles. The number of para-hydroxylation sites is 1. The van der Waals surface area contributed by atoms with Crippen molar-refractivity contribution in [3.05, 3.63) is 48.3 Å². The number of aromatic nitrogens is 2. The highest BCUT2D eigenvalue weighted by Crippen LogP contribution is 2.45. The summed E-state index contributed by atoms with van der Waals surface area (Å²) in [5, 5.41) is 15.3. The van der Waals surface area contributed by atoms with E-state index >= 15 is 0 Å². The first kappa shape index (κ1) is 13.4. The van der Waals surface area contributed by atoms with Crippen LogP contribution in [-0.4, -0.2) is 14.9 Å². The van der Waals surface area contributed by atoms with Gasteiger partial charge in [-0.05, 0) is 36.5 Å². The Hall–Kier alpha value is -1.61. The van der Waals surface area contributed by atoms with E-state index in [4.69, 9.17) is 0 Å². The fraction of sp³-hybridized carbons (Fsp3) is 0.471. The molecule has 2 aromatic rings. The van der Waals surface area contributed by atoms with Gasteiger partial charge >= 0.3 is 0 Å². The molecule has 1 unspecified atom stereocenters. The van der Waals surface area contributed by atoms with Gasteiger partial charge in [0.1, 0.15) is 6.10 Å². The molecule has 1 saturated carbocycles. The Labute approximate surface area is 120 Å². The normalized spacial score (nSPS) is 19.7. The molecule has 20 heavy (non-hydrogen) atoms. The lowest BCUT2D eigenvalue weighted by molar-refractivity contribution is 0.00368. The van der Waals surface area contributed by atoms with Crippen LogP contribution >= 0.6 is 0 Å². The summed E-state index contributed by atoms with van der Waals surface area (Å²) in [6, 6.07) is 12.0. The SMILES string of the molecule is CC1(C(O)c2ccnn2-c2ccccc2)CCCCC1. The number of aliphatic hydroxyl groups excluding tert-OH is 1. The van der Waals surface area contributed by atoms with E-state index in [1.807, 2.05) is 41.1 Å². The van der Waals surface area contributed by atoms with Crippen molar-refractivity contribution in [1.82, 2.24) is 9.78 Å². The van der Waals surface area contributed by atoms with Crippen molar-refractivity contribution in [1.29, 1.82) is 0 Å². The molecule has 3 heteroatoms. The highest BCUT2D eigenvalue weighted by Gasteiger charge is 2.37. The molecule has 0 spiro atoms. The zero-order chi connectivity index (χ0) is 14.0. The molecule has 0 saturated heterocycles. The average Bonchev–Trinajstić information content (AvgIpc) is 2.97. The van der Waals surface area contributed by atoms with Gasteiger partial charge in [-0.15, -0.1) is 0 Å². The number of aliphatic hydroxyl groups is 1. The van der Waals surface area contributed by atoms with Crippen molar-refractivity contribution in [2.45, 2.75) is 45.1 Å². The van der Waals surface area contributed by atoms with Crippen LogP contribution in [0.3, 0.4) is 0 Å². The van der Waals surface area contributed by atoms with Crippen molar-refractivity contribution in [3.63, 3.8) is 0 Å². The van der Waals surface area contributed by atoms with Crippen LogP contribution in [0.5, 0.6) is 0 Å². The molecule has 1 atom stereocenters. The van der Waals surface area contributed by atoms with Crippen LogP contribution in [0.25, 0.3) is 5.69 Å². The molecular formula is C17H22N2O. The molecule has 106 valence electrons. The minimum absolute atomic E-state index is 0.0230. The van der Waals surface area contributed by atoms with Crippen LogP contribution in [0.1, 0.15) is 50.8 Å². The second-order valence-electron chi connectivity index (χ2n) is 6.12. The maximum absolute atomic E-state index is 10.9. The zero-order valence-electron chi connectivity index (χ0n) is 12.0. The maximum atomic E-state index is 10.9. The molecular weight excluding hydrogens is 248 g/mol. The van der Waals surface area contributed by atoms with Crippen LogP contribution < -0.4 is 0 Å². The standard InChI is InChI=1S/C17H22N2O/c1-17(11-6-3-7-12-17)16(20)15-10-13-18-19(15)14-8-4-2-5-9-14/h2,4-5,8-10,13,16,20H,3,6-7,11-12H2,1H3. The molecule has 3 nitrogen and oxygen atoms in total. The third kappa shape index (κ3) is 2.38. The van der Waals surface area contributed by atoms with E-state index in [0.29, 0.717) is 0 Å². The first-order valence-electron chi connectivity index (χ1n) is 7.48. The second kappa shape index (κ2) is 5.41. The number of hydrogen-bond acceptors (Lipinski definition) is 2. The van der Waals surface area contributed by atoms with Gasteiger partial charge in [-0.25, -0.2) is 4.68 Å². The van der Waals surface area contributed by atoms with Gasteiger partial charge in [-0.3, -0.25) is 0 Å². The van der Waals surface area contributed by atoms with Crippen LogP contribution in [0.4, 0.5) is 0 Å². The van der Waals surface area contributed by atoms with Gasteiger partial charge in [0.15, 0.2) is 0 Å². The van der Waals surface area contributed by atoms with Gasteiger partial charge in [-0.2, -0.15) is 5.10 Å². The summed E-state index contributed by atoms with van der Waals surface area (Å²) >= 11 is 0. The summed E-state index contributed by atoms with van der Waals surface area (Å²) in [6.07, 6.45) is 7.23. The molecule has 0 aliphatic heterocycles. The van der Waals surface area contributed by atoms with Gasteiger partial charge in [0.2, 0.25) is 0 Å². The number of benzene rings is 1. The third-order valence-electron chi connectivity index (χ3n) is 4.61. The molecule has 0 radical (unpaired) electrons. The van der Waals surface area contributed by atoms with E-state index in [9.17, 15) is 5.11 Å². The highest BCUT2D eigenvalue weighted by atomic mass is 16.3. The van der Waals surface area contributed by atoms with Crippen molar-refractivity contribution < 1.29 is 5.11 Å². The lowest BCUT2D eigenvalue weighted by Crippen LogP contribution is -2.29. The summed E-state index contributed by atoms with van der Waals surface area (Å²) in [5.41, 5.74) is 1.89. The monoisotopic (exact) mass is 270 g/mol. The summed E-state index contributed by atoms with van der Waals surface area (Å²) in [4.78, 5) is 0. The smallest absolute Gasteiger partial charge is 0.101 e. The van der Waals surface area contributed by atoms with Crippen LogP contribution in [0, 0.1) is 5.41 Å². The van der Waals surface area contributed by atoms with Crippen molar-refractivity contribution in [2.75, 3.05) is 0 Å². The van der Waals surface area contributed by atoms with Crippen LogP contribution in [-0.2, 0) is 0 Å². The molecule has 1 aromatic heterocycles. The van der Waals surface area contributed by atoms with Crippen LogP contribution in [0.2, 0.25) is 0 Å². The number of hydrogen-bond donors (Lipinski definition) is 1. The van der Waals surface area contributed by atoms with E-state index in [-0.39, 0.29) is 5.41 Å². The fourth-order valence-electron chi connectivity index (χ4n) is 3.30. The Morgan fingerprint density at radius 1 is 1.10 bits per heavy atom. The van der Waals surface area contributed by atoms with Gasteiger partial charge in [-0.1, -0.05) is 44.4 Å². The van der Waals surface area contributed by atoms with E-state index in [0.717, 1.165) is 24.2 Å². The average molecular weight is 270 g/mol.